The highest BCUT2D eigenvalue weighted by molar-refractivity contribution is 8.00. The molecule has 9 heteroatoms. The first-order chi connectivity index (χ1) is 13.1. The molecular weight excluding hydrogens is 382 g/mol. The molecule has 1 aromatic carbocycles. The van der Waals surface area contributed by atoms with E-state index in [1.54, 1.807) is 6.92 Å². The summed E-state index contributed by atoms with van der Waals surface area (Å²) in [6, 6.07) is 11.3. The van der Waals surface area contributed by atoms with Crippen LogP contribution in [0.4, 0.5) is 0 Å². The maximum absolute atomic E-state index is 12.3. The zero-order valence-corrected chi connectivity index (χ0v) is 16.2. The standard InChI is InChI=1S/C18H17N5O2S2/c1-11-7-15(24)20-17(19-11)26-9-13-10-27-18-21-16(25)14(22-23(13)18)8-12-5-3-2-4-6-12/h2-7,13H,8-10H2,1H3,(H,19,20,24). The lowest BCUT2D eigenvalue weighted by Gasteiger charge is -2.13. The molecule has 0 spiro atoms. The van der Waals surface area contributed by atoms with Crippen molar-refractivity contribution in [3.05, 3.63) is 74.1 Å². The molecule has 0 radical (unpaired) electrons. The van der Waals surface area contributed by atoms with Crippen molar-refractivity contribution >= 4 is 23.5 Å². The Morgan fingerprint density at radius 3 is 2.85 bits per heavy atom. The van der Waals surface area contributed by atoms with Crippen LogP contribution in [0, 0.1) is 6.92 Å². The maximum atomic E-state index is 12.3. The zero-order chi connectivity index (χ0) is 18.8. The molecule has 1 aliphatic heterocycles. The molecule has 3 aromatic rings. The summed E-state index contributed by atoms with van der Waals surface area (Å²) in [5.74, 6) is 1.48. The predicted molar refractivity (Wildman–Crippen MR) is 106 cm³/mol. The first-order valence-electron chi connectivity index (χ1n) is 8.46. The van der Waals surface area contributed by atoms with Gasteiger partial charge in [0.2, 0.25) is 0 Å². The summed E-state index contributed by atoms with van der Waals surface area (Å²) in [5.41, 5.74) is 1.75. The van der Waals surface area contributed by atoms with Gasteiger partial charge in [-0.25, -0.2) is 9.67 Å². The van der Waals surface area contributed by atoms with Gasteiger partial charge in [-0.2, -0.15) is 10.1 Å². The van der Waals surface area contributed by atoms with Crippen LogP contribution in [0.25, 0.3) is 0 Å². The molecule has 1 N–H and O–H groups in total. The van der Waals surface area contributed by atoms with Crippen molar-refractivity contribution in [3.63, 3.8) is 0 Å². The quantitative estimate of drug-likeness (QED) is 0.518. The van der Waals surface area contributed by atoms with Crippen molar-refractivity contribution in [2.45, 2.75) is 29.7 Å². The van der Waals surface area contributed by atoms with E-state index in [1.165, 1.54) is 29.6 Å². The Balaban J connectivity index is 1.54. The molecule has 7 nitrogen and oxygen atoms in total. The first-order valence-corrected chi connectivity index (χ1v) is 10.4. The lowest BCUT2D eigenvalue weighted by atomic mass is 10.1. The number of hydrogen-bond acceptors (Lipinski definition) is 7. The monoisotopic (exact) mass is 399 g/mol. The number of aryl methyl sites for hydroxylation is 1. The smallest absolute Gasteiger partial charge is 0.295 e. The van der Waals surface area contributed by atoms with Crippen molar-refractivity contribution in [2.24, 2.45) is 0 Å². The fraction of sp³-hybridized carbons (Fsp3) is 0.278. The van der Waals surface area contributed by atoms with Gasteiger partial charge in [0.05, 0.1) is 6.04 Å². The van der Waals surface area contributed by atoms with Crippen LogP contribution >= 0.6 is 23.5 Å². The van der Waals surface area contributed by atoms with Crippen molar-refractivity contribution in [2.75, 3.05) is 11.5 Å². The normalized spacial score (nSPS) is 15.7. The number of rotatable bonds is 5. The third kappa shape index (κ3) is 4.14. The summed E-state index contributed by atoms with van der Waals surface area (Å²) in [7, 11) is 0. The van der Waals surface area contributed by atoms with E-state index in [-0.39, 0.29) is 17.2 Å². The number of nitrogens with zero attached hydrogens (tertiary/aromatic N) is 4. The fourth-order valence-corrected chi connectivity index (χ4v) is 5.02. The Morgan fingerprint density at radius 1 is 1.26 bits per heavy atom. The minimum Gasteiger partial charge on any atom is -0.301 e. The van der Waals surface area contributed by atoms with Crippen molar-refractivity contribution in [1.29, 1.82) is 0 Å². The predicted octanol–water partition coefficient (Wildman–Crippen LogP) is 2.06. The third-order valence-electron chi connectivity index (χ3n) is 4.09. The number of thioether (sulfide) groups is 2. The van der Waals surface area contributed by atoms with Crippen LogP contribution in [0.3, 0.4) is 0 Å². The van der Waals surface area contributed by atoms with Crippen molar-refractivity contribution in [1.82, 2.24) is 24.7 Å². The maximum Gasteiger partial charge on any atom is 0.295 e. The van der Waals surface area contributed by atoms with E-state index in [0.717, 1.165) is 11.3 Å². The number of aromatic nitrogens is 5. The molecule has 0 fully saturated rings. The third-order valence-corrected chi connectivity index (χ3v) is 6.20. The second-order valence-corrected chi connectivity index (χ2v) is 8.22. The van der Waals surface area contributed by atoms with Crippen LogP contribution in [0.2, 0.25) is 0 Å². The topological polar surface area (TPSA) is 93.5 Å². The highest BCUT2D eigenvalue weighted by Gasteiger charge is 2.26. The molecule has 138 valence electrons. The van der Waals surface area contributed by atoms with E-state index in [9.17, 15) is 9.59 Å². The van der Waals surface area contributed by atoms with E-state index in [0.29, 0.717) is 33.9 Å². The van der Waals surface area contributed by atoms with Gasteiger partial charge in [-0.3, -0.25) is 9.59 Å². The molecule has 27 heavy (non-hydrogen) atoms. The van der Waals surface area contributed by atoms with Crippen LogP contribution in [-0.4, -0.2) is 36.2 Å². The van der Waals surface area contributed by atoms with Crippen molar-refractivity contribution in [3.8, 4) is 0 Å². The number of aromatic amines is 1. The molecule has 0 bridgehead atoms. The summed E-state index contributed by atoms with van der Waals surface area (Å²) in [5, 5.41) is 5.83. The van der Waals surface area contributed by atoms with Crippen LogP contribution in [0.1, 0.15) is 23.0 Å². The molecule has 4 rings (SSSR count). The van der Waals surface area contributed by atoms with E-state index in [4.69, 9.17) is 0 Å². The molecule has 0 aliphatic carbocycles. The molecule has 0 saturated carbocycles. The molecule has 1 unspecified atom stereocenters. The fourth-order valence-electron chi connectivity index (χ4n) is 2.81. The number of fused-ring (bicyclic) bond motifs is 1. The van der Waals surface area contributed by atoms with Gasteiger partial charge in [0.25, 0.3) is 11.1 Å². The molecule has 0 amide bonds. The van der Waals surface area contributed by atoms with Gasteiger partial charge in [-0.1, -0.05) is 53.9 Å². The Bertz CT molecular complexity index is 1080. The zero-order valence-electron chi connectivity index (χ0n) is 14.6. The second kappa shape index (κ2) is 7.69. The highest BCUT2D eigenvalue weighted by atomic mass is 32.2. The van der Waals surface area contributed by atoms with Crippen LogP contribution < -0.4 is 11.1 Å². The molecule has 2 aromatic heterocycles. The lowest BCUT2D eigenvalue weighted by molar-refractivity contribution is 0.475. The number of nitrogens with one attached hydrogen (secondary N) is 1. The first kappa shape index (κ1) is 18.0. The summed E-state index contributed by atoms with van der Waals surface area (Å²) in [4.78, 5) is 35.2. The van der Waals surface area contributed by atoms with Gasteiger partial charge in [0.15, 0.2) is 10.3 Å². The van der Waals surface area contributed by atoms with E-state index in [2.05, 4.69) is 20.1 Å². The SMILES string of the molecule is Cc1cc(=O)[nH]c(SCC2CSc3nc(=O)c(Cc4ccccc4)nn32)n1. The minimum absolute atomic E-state index is 0.0865. The van der Waals surface area contributed by atoms with Gasteiger partial charge in [0.1, 0.15) is 5.69 Å². The number of benzene rings is 1. The van der Waals surface area contributed by atoms with Crippen LogP contribution in [0.5, 0.6) is 0 Å². The average Bonchev–Trinajstić information content (AvgIpc) is 3.02. The highest BCUT2D eigenvalue weighted by Crippen LogP contribution is 2.33. The Labute approximate surface area is 163 Å². The molecule has 0 saturated heterocycles. The Hall–Kier alpha value is -2.39. The number of H-pyrrole nitrogens is 1. The van der Waals surface area contributed by atoms with Crippen LogP contribution in [-0.2, 0) is 6.42 Å². The molecular formula is C18H17N5O2S2. The van der Waals surface area contributed by atoms with Gasteiger partial charge >= 0.3 is 0 Å². The van der Waals surface area contributed by atoms with Gasteiger partial charge < -0.3 is 4.98 Å². The molecule has 1 atom stereocenters. The van der Waals surface area contributed by atoms with Gasteiger partial charge in [-0.05, 0) is 12.5 Å². The summed E-state index contributed by atoms with van der Waals surface area (Å²) in [6.07, 6.45) is 0.463. The van der Waals surface area contributed by atoms with Crippen LogP contribution in [0.15, 0.2) is 56.3 Å². The largest absolute Gasteiger partial charge is 0.301 e. The Morgan fingerprint density at radius 2 is 2.07 bits per heavy atom. The second-order valence-electron chi connectivity index (χ2n) is 6.22. The summed E-state index contributed by atoms with van der Waals surface area (Å²) >= 11 is 3.01. The van der Waals surface area contributed by atoms with Gasteiger partial charge in [-0.15, -0.1) is 0 Å². The van der Waals surface area contributed by atoms with E-state index >= 15 is 0 Å². The average molecular weight is 400 g/mol. The Kier molecular flexibility index (Phi) is 5.13. The molecule has 1 aliphatic rings. The van der Waals surface area contributed by atoms with E-state index in [1.807, 2.05) is 35.0 Å². The molecule has 3 heterocycles. The summed E-state index contributed by atoms with van der Waals surface area (Å²) in [6.45, 7) is 1.80. The van der Waals surface area contributed by atoms with E-state index < -0.39 is 0 Å². The summed E-state index contributed by atoms with van der Waals surface area (Å²) < 4.78 is 1.84. The minimum atomic E-state index is -0.268. The number of hydrogen-bond donors (Lipinski definition) is 1. The van der Waals surface area contributed by atoms with Crippen molar-refractivity contribution < 1.29 is 0 Å². The lowest BCUT2D eigenvalue weighted by Crippen LogP contribution is -2.24. The van der Waals surface area contributed by atoms with Gasteiger partial charge in [0, 0.05) is 29.7 Å².